The number of aromatic nitrogens is 1. The summed E-state index contributed by atoms with van der Waals surface area (Å²) in [7, 11) is 0. The summed E-state index contributed by atoms with van der Waals surface area (Å²) in [4.78, 5) is 16.3. The average molecular weight is 255 g/mol. The number of carbonyl (C=O) groups excluding carboxylic acids is 1. The molecule has 19 heavy (non-hydrogen) atoms. The van der Waals surface area contributed by atoms with E-state index in [2.05, 4.69) is 10.3 Å². The Morgan fingerprint density at radius 1 is 1.37 bits per heavy atom. The molecule has 1 unspecified atom stereocenters. The standard InChI is InChI=1S/C14H13N3O2/c15-10-5-6-16-7-9(10)14(18)13-8-17-11-3-1-2-4-12(11)19-13/h1-7,13,17H,8H2,(H2,15,16). The molecule has 2 aromatic rings. The SMILES string of the molecule is Nc1ccncc1C(=O)C1CNc2ccccc2O1. The fraction of sp³-hybridized carbons (Fsp3) is 0.143. The minimum absolute atomic E-state index is 0.160. The van der Waals surface area contributed by atoms with E-state index in [1.54, 1.807) is 12.3 Å². The van der Waals surface area contributed by atoms with Crippen LogP contribution in [0.15, 0.2) is 42.7 Å². The molecule has 96 valence electrons. The largest absolute Gasteiger partial charge is 0.478 e. The van der Waals surface area contributed by atoms with Crippen LogP contribution < -0.4 is 15.8 Å². The molecule has 1 aliphatic rings. The van der Waals surface area contributed by atoms with Gasteiger partial charge >= 0.3 is 0 Å². The number of nitrogen functional groups attached to an aromatic ring is 1. The van der Waals surface area contributed by atoms with Gasteiger partial charge in [-0.05, 0) is 18.2 Å². The number of carbonyl (C=O) groups is 1. The minimum atomic E-state index is -0.582. The quantitative estimate of drug-likeness (QED) is 0.799. The second kappa shape index (κ2) is 4.61. The Morgan fingerprint density at radius 3 is 3.05 bits per heavy atom. The lowest BCUT2D eigenvalue weighted by atomic mass is 10.1. The number of Topliss-reactive ketones (excluding diaryl/α,β-unsaturated/α-hetero) is 1. The number of anilines is 2. The van der Waals surface area contributed by atoms with Crippen LogP contribution in [0.25, 0.3) is 0 Å². The Morgan fingerprint density at radius 2 is 2.21 bits per heavy atom. The predicted octanol–water partition coefficient (Wildman–Crippen LogP) is 1.72. The van der Waals surface area contributed by atoms with Crippen LogP contribution in [0.1, 0.15) is 10.4 Å². The molecule has 0 amide bonds. The predicted molar refractivity (Wildman–Crippen MR) is 72.3 cm³/mol. The molecule has 3 N–H and O–H groups in total. The van der Waals surface area contributed by atoms with Gasteiger partial charge in [-0.2, -0.15) is 0 Å². The Kier molecular flexibility index (Phi) is 2.79. The van der Waals surface area contributed by atoms with E-state index in [1.807, 2.05) is 24.3 Å². The fourth-order valence-electron chi connectivity index (χ4n) is 2.04. The molecule has 0 bridgehead atoms. The maximum absolute atomic E-state index is 12.3. The molecule has 5 nitrogen and oxygen atoms in total. The van der Waals surface area contributed by atoms with Crippen LogP contribution in [-0.2, 0) is 0 Å². The van der Waals surface area contributed by atoms with Crippen molar-refractivity contribution in [2.75, 3.05) is 17.6 Å². The van der Waals surface area contributed by atoms with Crippen LogP contribution >= 0.6 is 0 Å². The first-order valence-corrected chi connectivity index (χ1v) is 5.99. The third kappa shape index (κ3) is 2.10. The maximum Gasteiger partial charge on any atom is 0.208 e. The maximum atomic E-state index is 12.3. The molecule has 0 saturated carbocycles. The van der Waals surface area contributed by atoms with E-state index in [1.165, 1.54) is 6.20 Å². The number of fused-ring (bicyclic) bond motifs is 1. The Bertz CT molecular complexity index is 628. The van der Waals surface area contributed by atoms with Gasteiger partial charge < -0.3 is 15.8 Å². The molecule has 1 atom stereocenters. The van der Waals surface area contributed by atoms with Gasteiger partial charge in [-0.25, -0.2) is 0 Å². The summed E-state index contributed by atoms with van der Waals surface area (Å²) < 4.78 is 5.71. The molecule has 1 aliphatic heterocycles. The molecule has 0 fully saturated rings. The van der Waals surface area contributed by atoms with E-state index in [-0.39, 0.29) is 5.78 Å². The van der Waals surface area contributed by atoms with Gasteiger partial charge in [0, 0.05) is 18.1 Å². The van der Waals surface area contributed by atoms with E-state index < -0.39 is 6.10 Å². The molecule has 0 aliphatic carbocycles. The number of nitrogens with two attached hydrogens (primary N) is 1. The highest BCUT2D eigenvalue weighted by atomic mass is 16.5. The smallest absolute Gasteiger partial charge is 0.208 e. The highest BCUT2D eigenvalue weighted by molar-refractivity contribution is 6.04. The van der Waals surface area contributed by atoms with E-state index in [0.29, 0.717) is 23.5 Å². The molecule has 1 aromatic carbocycles. The number of para-hydroxylation sites is 2. The second-order valence-electron chi connectivity index (χ2n) is 4.31. The summed E-state index contributed by atoms with van der Waals surface area (Å²) in [5.74, 6) is 0.516. The first-order valence-electron chi connectivity index (χ1n) is 5.99. The zero-order valence-corrected chi connectivity index (χ0v) is 10.2. The number of rotatable bonds is 2. The van der Waals surface area contributed by atoms with Crippen LogP contribution in [0.2, 0.25) is 0 Å². The van der Waals surface area contributed by atoms with E-state index in [4.69, 9.17) is 10.5 Å². The van der Waals surface area contributed by atoms with E-state index in [9.17, 15) is 4.79 Å². The zero-order chi connectivity index (χ0) is 13.2. The molecule has 5 heteroatoms. The number of nitrogens with zero attached hydrogens (tertiary/aromatic N) is 1. The number of pyridine rings is 1. The van der Waals surface area contributed by atoms with Gasteiger partial charge in [-0.1, -0.05) is 12.1 Å². The first-order chi connectivity index (χ1) is 9.25. The lowest BCUT2D eigenvalue weighted by Crippen LogP contribution is -2.38. The summed E-state index contributed by atoms with van der Waals surface area (Å²) >= 11 is 0. The Hall–Kier alpha value is -2.56. The van der Waals surface area contributed by atoms with Crippen molar-refractivity contribution in [1.29, 1.82) is 0 Å². The van der Waals surface area contributed by atoms with Crippen LogP contribution in [0.5, 0.6) is 5.75 Å². The summed E-state index contributed by atoms with van der Waals surface area (Å²) in [5, 5.41) is 3.18. The number of hydrogen-bond donors (Lipinski definition) is 2. The van der Waals surface area contributed by atoms with E-state index >= 15 is 0 Å². The monoisotopic (exact) mass is 255 g/mol. The van der Waals surface area contributed by atoms with Gasteiger partial charge in [0.2, 0.25) is 5.78 Å². The number of ketones is 1. The summed E-state index contributed by atoms with van der Waals surface area (Å²) in [6, 6.07) is 9.13. The van der Waals surface area contributed by atoms with Crippen LogP contribution in [0.4, 0.5) is 11.4 Å². The lowest BCUT2D eigenvalue weighted by molar-refractivity contribution is 0.0802. The number of ether oxygens (including phenoxy) is 1. The molecule has 0 spiro atoms. The van der Waals surface area contributed by atoms with Crippen molar-refractivity contribution >= 4 is 17.2 Å². The molecular weight excluding hydrogens is 242 g/mol. The van der Waals surface area contributed by atoms with Gasteiger partial charge in [0.15, 0.2) is 6.10 Å². The van der Waals surface area contributed by atoms with Gasteiger partial charge in [0.1, 0.15) is 5.75 Å². The normalized spacial score (nSPS) is 16.9. The molecular formula is C14H13N3O2. The lowest BCUT2D eigenvalue weighted by Gasteiger charge is -2.26. The second-order valence-corrected chi connectivity index (χ2v) is 4.31. The first kappa shape index (κ1) is 11.5. The van der Waals surface area contributed by atoms with Crippen molar-refractivity contribution in [1.82, 2.24) is 4.98 Å². The van der Waals surface area contributed by atoms with Gasteiger partial charge in [0.05, 0.1) is 17.8 Å². The fourth-order valence-corrected chi connectivity index (χ4v) is 2.04. The van der Waals surface area contributed by atoms with Crippen molar-refractivity contribution in [3.05, 3.63) is 48.3 Å². The number of nitrogens with one attached hydrogen (secondary N) is 1. The van der Waals surface area contributed by atoms with Gasteiger partial charge in [-0.3, -0.25) is 9.78 Å². The van der Waals surface area contributed by atoms with Crippen molar-refractivity contribution in [2.24, 2.45) is 0 Å². The molecule has 0 saturated heterocycles. The van der Waals surface area contributed by atoms with Gasteiger partial charge in [0.25, 0.3) is 0 Å². The van der Waals surface area contributed by atoms with Crippen LogP contribution in [-0.4, -0.2) is 23.4 Å². The molecule has 2 heterocycles. The van der Waals surface area contributed by atoms with Crippen molar-refractivity contribution in [3.63, 3.8) is 0 Å². The highest BCUT2D eigenvalue weighted by Gasteiger charge is 2.27. The molecule has 1 aromatic heterocycles. The summed E-state index contributed by atoms with van der Waals surface area (Å²) in [6.07, 6.45) is 2.45. The van der Waals surface area contributed by atoms with Crippen molar-refractivity contribution in [3.8, 4) is 5.75 Å². The molecule has 3 rings (SSSR count). The van der Waals surface area contributed by atoms with Crippen LogP contribution in [0.3, 0.4) is 0 Å². The summed E-state index contributed by atoms with van der Waals surface area (Å²) in [6.45, 7) is 0.421. The van der Waals surface area contributed by atoms with Crippen LogP contribution in [0, 0.1) is 0 Å². The Balaban J connectivity index is 1.86. The third-order valence-corrected chi connectivity index (χ3v) is 3.05. The number of benzene rings is 1. The minimum Gasteiger partial charge on any atom is -0.478 e. The Labute approximate surface area is 110 Å². The van der Waals surface area contributed by atoms with E-state index in [0.717, 1.165) is 5.69 Å². The average Bonchev–Trinajstić information content (AvgIpc) is 2.46. The summed E-state index contributed by atoms with van der Waals surface area (Å²) in [5.41, 5.74) is 7.50. The number of hydrogen-bond acceptors (Lipinski definition) is 5. The topological polar surface area (TPSA) is 77.2 Å². The molecule has 0 radical (unpaired) electrons. The van der Waals surface area contributed by atoms with Crippen molar-refractivity contribution < 1.29 is 9.53 Å². The third-order valence-electron chi connectivity index (χ3n) is 3.05. The zero-order valence-electron chi connectivity index (χ0n) is 10.2. The highest BCUT2D eigenvalue weighted by Crippen LogP contribution is 2.29. The van der Waals surface area contributed by atoms with Crippen molar-refractivity contribution in [2.45, 2.75) is 6.10 Å². The van der Waals surface area contributed by atoms with Gasteiger partial charge in [-0.15, -0.1) is 0 Å².